The van der Waals surface area contributed by atoms with E-state index in [1.165, 1.54) is 11.1 Å². The molecule has 1 heteroatoms. The van der Waals surface area contributed by atoms with E-state index in [0.717, 1.165) is 18.9 Å². The standard InChI is InChI=1S/C15H23N/c1-5-13(4)16-11-15-8-6-14(7-9-15)10-12(2)3/h5-9,12-13,16H,1,10-11H2,2-4H3. The minimum Gasteiger partial charge on any atom is -0.307 e. The molecular weight excluding hydrogens is 194 g/mol. The second kappa shape index (κ2) is 6.49. The van der Waals surface area contributed by atoms with Crippen LogP contribution in [0.1, 0.15) is 31.9 Å². The molecule has 1 N–H and O–H groups in total. The van der Waals surface area contributed by atoms with Crippen molar-refractivity contribution in [3.8, 4) is 0 Å². The summed E-state index contributed by atoms with van der Waals surface area (Å²) in [4.78, 5) is 0. The minimum absolute atomic E-state index is 0.371. The lowest BCUT2D eigenvalue weighted by molar-refractivity contribution is 0.632. The van der Waals surface area contributed by atoms with Crippen LogP contribution in [0.15, 0.2) is 36.9 Å². The van der Waals surface area contributed by atoms with Crippen molar-refractivity contribution in [1.29, 1.82) is 0 Å². The van der Waals surface area contributed by atoms with E-state index >= 15 is 0 Å². The molecule has 0 saturated heterocycles. The largest absolute Gasteiger partial charge is 0.307 e. The Kier molecular flexibility index (Phi) is 5.27. The first-order valence-corrected chi connectivity index (χ1v) is 6.05. The lowest BCUT2D eigenvalue weighted by Gasteiger charge is -2.10. The zero-order valence-corrected chi connectivity index (χ0v) is 10.7. The van der Waals surface area contributed by atoms with Crippen LogP contribution in [-0.4, -0.2) is 6.04 Å². The molecule has 1 aromatic rings. The summed E-state index contributed by atoms with van der Waals surface area (Å²) in [6.45, 7) is 11.3. The summed E-state index contributed by atoms with van der Waals surface area (Å²) < 4.78 is 0. The predicted octanol–water partition coefficient (Wildman–Crippen LogP) is 3.55. The molecule has 0 bridgehead atoms. The monoisotopic (exact) mass is 217 g/mol. The maximum absolute atomic E-state index is 3.76. The van der Waals surface area contributed by atoms with E-state index in [2.05, 4.69) is 56.9 Å². The van der Waals surface area contributed by atoms with Crippen LogP contribution >= 0.6 is 0 Å². The minimum atomic E-state index is 0.371. The molecule has 0 saturated carbocycles. The van der Waals surface area contributed by atoms with E-state index in [4.69, 9.17) is 0 Å². The van der Waals surface area contributed by atoms with E-state index in [1.807, 2.05) is 6.08 Å². The molecule has 1 unspecified atom stereocenters. The Hall–Kier alpha value is -1.08. The van der Waals surface area contributed by atoms with Gasteiger partial charge in [-0.1, -0.05) is 44.2 Å². The van der Waals surface area contributed by atoms with Gasteiger partial charge in [-0.25, -0.2) is 0 Å². The number of benzene rings is 1. The summed E-state index contributed by atoms with van der Waals surface area (Å²) >= 11 is 0. The SMILES string of the molecule is C=CC(C)NCc1ccc(CC(C)C)cc1. The van der Waals surface area contributed by atoms with E-state index in [-0.39, 0.29) is 0 Å². The van der Waals surface area contributed by atoms with E-state index < -0.39 is 0 Å². The molecule has 0 amide bonds. The lowest BCUT2D eigenvalue weighted by Crippen LogP contribution is -2.22. The maximum Gasteiger partial charge on any atom is 0.0222 e. The fourth-order valence-electron chi connectivity index (χ4n) is 1.63. The van der Waals surface area contributed by atoms with E-state index in [0.29, 0.717) is 6.04 Å². The van der Waals surface area contributed by atoms with Gasteiger partial charge < -0.3 is 5.32 Å². The van der Waals surface area contributed by atoms with Crippen LogP contribution in [0.3, 0.4) is 0 Å². The fourth-order valence-corrected chi connectivity index (χ4v) is 1.63. The third kappa shape index (κ3) is 4.63. The van der Waals surface area contributed by atoms with Crippen molar-refractivity contribution < 1.29 is 0 Å². The highest BCUT2D eigenvalue weighted by Gasteiger charge is 1.99. The molecule has 1 aromatic carbocycles. The Labute approximate surface area is 99.6 Å². The Morgan fingerprint density at radius 3 is 2.19 bits per heavy atom. The van der Waals surface area contributed by atoms with Crippen LogP contribution in [0.4, 0.5) is 0 Å². The number of nitrogens with one attached hydrogen (secondary N) is 1. The molecular formula is C15H23N. The van der Waals surface area contributed by atoms with Gasteiger partial charge in [0.1, 0.15) is 0 Å². The van der Waals surface area contributed by atoms with Crippen LogP contribution in [0.25, 0.3) is 0 Å². The first-order chi connectivity index (χ1) is 7.61. The first-order valence-electron chi connectivity index (χ1n) is 6.05. The normalized spacial score (nSPS) is 12.8. The number of hydrogen-bond acceptors (Lipinski definition) is 1. The van der Waals surface area contributed by atoms with Crippen LogP contribution in [0, 0.1) is 5.92 Å². The molecule has 0 aliphatic carbocycles. The summed E-state index contributed by atoms with van der Waals surface area (Å²) in [6, 6.07) is 9.25. The molecule has 1 rings (SSSR count). The molecule has 0 aliphatic rings. The van der Waals surface area contributed by atoms with E-state index in [9.17, 15) is 0 Å². The van der Waals surface area contributed by atoms with Gasteiger partial charge >= 0.3 is 0 Å². The summed E-state index contributed by atoms with van der Waals surface area (Å²) in [7, 11) is 0. The first kappa shape index (κ1) is 13.0. The highest BCUT2D eigenvalue weighted by molar-refractivity contribution is 5.22. The molecule has 1 atom stereocenters. The Morgan fingerprint density at radius 2 is 1.69 bits per heavy atom. The lowest BCUT2D eigenvalue weighted by atomic mass is 10.0. The van der Waals surface area contributed by atoms with Gasteiger partial charge in [0.25, 0.3) is 0 Å². The number of rotatable bonds is 6. The van der Waals surface area contributed by atoms with Gasteiger partial charge in [-0.2, -0.15) is 0 Å². The van der Waals surface area contributed by atoms with Crippen molar-refractivity contribution in [2.75, 3.05) is 0 Å². The van der Waals surface area contributed by atoms with E-state index in [1.54, 1.807) is 0 Å². The van der Waals surface area contributed by atoms with Crippen molar-refractivity contribution >= 4 is 0 Å². The van der Waals surface area contributed by atoms with Crippen molar-refractivity contribution in [2.45, 2.75) is 39.8 Å². The van der Waals surface area contributed by atoms with Crippen molar-refractivity contribution in [1.82, 2.24) is 5.32 Å². The Balaban J connectivity index is 2.48. The third-order valence-electron chi connectivity index (χ3n) is 2.65. The van der Waals surface area contributed by atoms with Gasteiger partial charge in [0.05, 0.1) is 0 Å². The van der Waals surface area contributed by atoms with Gasteiger partial charge in [0.15, 0.2) is 0 Å². The molecule has 0 aliphatic heterocycles. The number of hydrogen-bond donors (Lipinski definition) is 1. The quantitative estimate of drug-likeness (QED) is 0.719. The van der Waals surface area contributed by atoms with Gasteiger partial charge in [0, 0.05) is 12.6 Å². The van der Waals surface area contributed by atoms with Crippen LogP contribution in [-0.2, 0) is 13.0 Å². The molecule has 88 valence electrons. The average molecular weight is 217 g/mol. The topological polar surface area (TPSA) is 12.0 Å². The molecule has 16 heavy (non-hydrogen) atoms. The van der Waals surface area contributed by atoms with Crippen LogP contribution < -0.4 is 5.32 Å². The maximum atomic E-state index is 3.76. The zero-order valence-electron chi connectivity index (χ0n) is 10.7. The van der Waals surface area contributed by atoms with Crippen LogP contribution in [0.2, 0.25) is 0 Å². The third-order valence-corrected chi connectivity index (χ3v) is 2.65. The molecule has 0 spiro atoms. The highest BCUT2D eigenvalue weighted by atomic mass is 14.9. The van der Waals surface area contributed by atoms with Gasteiger partial charge in [0.2, 0.25) is 0 Å². The fraction of sp³-hybridized carbons (Fsp3) is 0.467. The molecule has 0 fully saturated rings. The summed E-state index contributed by atoms with van der Waals surface area (Å²) in [5.74, 6) is 0.727. The predicted molar refractivity (Wildman–Crippen MR) is 71.5 cm³/mol. The molecule has 0 radical (unpaired) electrons. The van der Waals surface area contributed by atoms with Gasteiger partial charge in [-0.05, 0) is 30.4 Å². The Bertz CT molecular complexity index is 311. The molecule has 1 nitrogen and oxygen atoms in total. The molecule has 0 heterocycles. The zero-order chi connectivity index (χ0) is 12.0. The average Bonchev–Trinajstić information content (AvgIpc) is 2.27. The molecule has 0 aromatic heterocycles. The summed E-state index contributed by atoms with van der Waals surface area (Å²) in [6.07, 6.45) is 3.09. The smallest absolute Gasteiger partial charge is 0.0222 e. The summed E-state index contributed by atoms with van der Waals surface area (Å²) in [5, 5.41) is 3.39. The van der Waals surface area contributed by atoms with Crippen molar-refractivity contribution in [3.05, 3.63) is 48.0 Å². The van der Waals surface area contributed by atoms with Crippen molar-refractivity contribution in [2.24, 2.45) is 5.92 Å². The second-order valence-electron chi connectivity index (χ2n) is 4.82. The van der Waals surface area contributed by atoms with Crippen LogP contribution in [0.5, 0.6) is 0 Å². The van der Waals surface area contributed by atoms with Gasteiger partial charge in [-0.3, -0.25) is 0 Å². The second-order valence-corrected chi connectivity index (χ2v) is 4.82. The van der Waals surface area contributed by atoms with Gasteiger partial charge in [-0.15, -0.1) is 6.58 Å². The highest BCUT2D eigenvalue weighted by Crippen LogP contribution is 2.09. The summed E-state index contributed by atoms with van der Waals surface area (Å²) in [5.41, 5.74) is 2.76. The Morgan fingerprint density at radius 1 is 1.12 bits per heavy atom. The van der Waals surface area contributed by atoms with Crippen molar-refractivity contribution in [3.63, 3.8) is 0 Å².